The van der Waals surface area contributed by atoms with Crippen LogP contribution in [-0.2, 0) is 9.53 Å². The lowest BCUT2D eigenvalue weighted by Crippen LogP contribution is -2.31. The molecule has 1 aliphatic rings. The molecule has 8 heteroatoms. The van der Waals surface area contributed by atoms with Crippen LogP contribution in [-0.4, -0.2) is 39.2 Å². The summed E-state index contributed by atoms with van der Waals surface area (Å²) >= 11 is 11.9. The van der Waals surface area contributed by atoms with Gasteiger partial charge in [-0.3, -0.25) is 9.78 Å². The van der Waals surface area contributed by atoms with Gasteiger partial charge in [0.05, 0.1) is 24.9 Å². The fourth-order valence-electron chi connectivity index (χ4n) is 4.56. The number of thiocarbonyl (C=S) groups is 1. The summed E-state index contributed by atoms with van der Waals surface area (Å²) in [5.41, 5.74) is 5.41. The molecule has 1 saturated heterocycles. The van der Waals surface area contributed by atoms with E-state index in [1.54, 1.807) is 6.20 Å². The SMILES string of the molecule is COC(=O)CCCN1C(=S)N[C@@H](c2ccccn2)[C@H]1c1cc(C)n(-c2ccc(Cl)cc2)c1C. The number of methoxy groups -OCH3 is 1. The molecule has 2 atom stereocenters. The molecule has 4 rings (SSSR count). The molecule has 172 valence electrons. The maximum Gasteiger partial charge on any atom is 0.305 e. The Balaban J connectivity index is 1.74. The number of halogens is 1. The molecule has 0 unspecified atom stereocenters. The molecule has 0 amide bonds. The van der Waals surface area contributed by atoms with Gasteiger partial charge >= 0.3 is 5.97 Å². The number of aryl methyl sites for hydroxylation is 1. The Hall–Kier alpha value is -2.90. The van der Waals surface area contributed by atoms with E-state index in [9.17, 15) is 4.79 Å². The number of aromatic nitrogens is 2. The largest absolute Gasteiger partial charge is 0.469 e. The minimum atomic E-state index is -0.216. The van der Waals surface area contributed by atoms with E-state index in [4.69, 9.17) is 28.6 Å². The third-order valence-corrected chi connectivity index (χ3v) is 6.68. The molecule has 33 heavy (non-hydrogen) atoms. The molecule has 1 aromatic carbocycles. The van der Waals surface area contributed by atoms with Gasteiger partial charge in [0, 0.05) is 41.3 Å². The molecular formula is C25H27ClN4O2S. The Morgan fingerprint density at radius 2 is 1.97 bits per heavy atom. The number of nitrogens with one attached hydrogen (secondary N) is 1. The van der Waals surface area contributed by atoms with Crippen molar-refractivity contribution < 1.29 is 9.53 Å². The van der Waals surface area contributed by atoms with Crippen molar-refractivity contribution >= 4 is 34.9 Å². The average Bonchev–Trinajstić information content (AvgIpc) is 3.30. The first-order valence-electron chi connectivity index (χ1n) is 10.9. The molecule has 0 bridgehead atoms. The van der Waals surface area contributed by atoms with Crippen LogP contribution in [0.3, 0.4) is 0 Å². The van der Waals surface area contributed by atoms with Crippen molar-refractivity contribution in [3.8, 4) is 5.69 Å². The summed E-state index contributed by atoms with van der Waals surface area (Å²) < 4.78 is 7.04. The van der Waals surface area contributed by atoms with E-state index >= 15 is 0 Å². The fraction of sp³-hybridized carbons (Fsp3) is 0.320. The molecule has 2 aromatic heterocycles. The number of pyridine rings is 1. The Kier molecular flexibility index (Phi) is 7.00. The van der Waals surface area contributed by atoms with Crippen LogP contribution >= 0.6 is 23.8 Å². The zero-order valence-corrected chi connectivity index (χ0v) is 20.5. The standard InChI is InChI=1S/C25H27ClN4O2S/c1-16-15-20(17(2)30(16)19-11-9-18(26)10-12-19)24-23(21-7-4-5-13-27-21)28-25(33)29(24)14-6-8-22(31)32-3/h4-5,7,9-13,15,23-24H,6,8,14H2,1-3H3,(H,28,33)/t23-,24+/m0/s1. The van der Waals surface area contributed by atoms with Crippen LogP contribution in [0.5, 0.6) is 0 Å². The van der Waals surface area contributed by atoms with Crippen LogP contribution < -0.4 is 5.32 Å². The summed E-state index contributed by atoms with van der Waals surface area (Å²) in [7, 11) is 1.41. The zero-order valence-electron chi connectivity index (χ0n) is 18.9. The highest BCUT2D eigenvalue weighted by Gasteiger charge is 2.41. The normalized spacial score (nSPS) is 17.8. The Bertz CT molecular complexity index is 1150. The van der Waals surface area contributed by atoms with Gasteiger partial charge in [0.2, 0.25) is 0 Å². The van der Waals surface area contributed by atoms with Crippen LogP contribution in [0.15, 0.2) is 54.7 Å². The quantitative estimate of drug-likeness (QED) is 0.375. The van der Waals surface area contributed by atoms with Crippen molar-refractivity contribution in [2.75, 3.05) is 13.7 Å². The second kappa shape index (κ2) is 9.93. The van der Waals surface area contributed by atoms with Crippen molar-refractivity contribution in [3.63, 3.8) is 0 Å². The predicted molar refractivity (Wildman–Crippen MR) is 134 cm³/mol. The number of benzene rings is 1. The van der Waals surface area contributed by atoms with E-state index in [1.807, 2.05) is 42.5 Å². The second-order valence-electron chi connectivity index (χ2n) is 8.14. The highest BCUT2D eigenvalue weighted by molar-refractivity contribution is 7.80. The van der Waals surface area contributed by atoms with Crippen molar-refractivity contribution in [2.45, 2.75) is 38.8 Å². The molecule has 3 aromatic rings. The minimum absolute atomic E-state index is 0.0581. The first kappa shape index (κ1) is 23.3. The van der Waals surface area contributed by atoms with Crippen LogP contribution in [0, 0.1) is 13.8 Å². The number of esters is 1. The van der Waals surface area contributed by atoms with E-state index in [0.717, 1.165) is 22.8 Å². The number of carbonyl (C=O) groups excluding carboxylic acids is 1. The van der Waals surface area contributed by atoms with Gasteiger partial charge in [-0.2, -0.15) is 0 Å². The van der Waals surface area contributed by atoms with Gasteiger partial charge in [0.15, 0.2) is 5.11 Å². The first-order chi connectivity index (χ1) is 15.9. The molecule has 1 fully saturated rings. The molecule has 1 N–H and O–H groups in total. The minimum Gasteiger partial charge on any atom is -0.469 e. The lowest BCUT2D eigenvalue weighted by molar-refractivity contribution is -0.140. The third-order valence-electron chi connectivity index (χ3n) is 6.08. The van der Waals surface area contributed by atoms with Crippen LogP contribution in [0.25, 0.3) is 5.69 Å². The highest BCUT2D eigenvalue weighted by Crippen LogP contribution is 2.41. The van der Waals surface area contributed by atoms with Crippen LogP contribution in [0.4, 0.5) is 0 Å². The maximum atomic E-state index is 11.7. The number of rotatable bonds is 7. The molecule has 0 aliphatic carbocycles. The summed E-state index contributed by atoms with van der Waals surface area (Å²) in [4.78, 5) is 18.5. The number of hydrogen-bond acceptors (Lipinski definition) is 4. The summed E-state index contributed by atoms with van der Waals surface area (Å²) in [6, 6.07) is 15.8. The van der Waals surface area contributed by atoms with Gasteiger partial charge in [-0.15, -0.1) is 0 Å². The number of nitrogens with zero attached hydrogens (tertiary/aromatic N) is 3. The summed E-state index contributed by atoms with van der Waals surface area (Å²) in [5, 5.41) is 4.85. The topological polar surface area (TPSA) is 59.4 Å². The average molecular weight is 483 g/mol. The molecule has 1 aliphatic heterocycles. The van der Waals surface area contributed by atoms with Crippen molar-refractivity contribution in [3.05, 3.63) is 82.4 Å². The Morgan fingerprint density at radius 3 is 2.64 bits per heavy atom. The molecule has 6 nitrogen and oxygen atoms in total. The molecular weight excluding hydrogens is 456 g/mol. The van der Waals surface area contributed by atoms with Gasteiger partial charge in [-0.05, 0) is 80.5 Å². The summed E-state index contributed by atoms with van der Waals surface area (Å²) in [6.45, 7) is 4.86. The summed E-state index contributed by atoms with van der Waals surface area (Å²) in [6.07, 6.45) is 2.80. The lowest BCUT2D eigenvalue weighted by atomic mass is 9.96. The number of hydrogen-bond donors (Lipinski definition) is 1. The van der Waals surface area contributed by atoms with Crippen molar-refractivity contribution in [1.29, 1.82) is 0 Å². The number of carbonyl (C=O) groups is 1. The number of ether oxygens (including phenoxy) is 1. The summed E-state index contributed by atoms with van der Waals surface area (Å²) in [5.74, 6) is -0.216. The second-order valence-corrected chi connectivity index (χ2v) is 8.96. The Morgan fingerprint density at radius 1 is 1.21 bits per heavy atom. The van der Waals surface area contributed by atoms with Gasteiger partial charge in [0.25, 0.3) is 0 Å². The third kappa shape index (κ3) is 4.75. The molecule has 3 heterocycles. The molecule has 0 radical (unpaired) electrons. The maximum absolute atomic E-state index is 11.7. The van der Waals surface area contributed by atoms with Crippen molar-refractivity contribution in [1.82, 2.24) is 19.8 Å². The van der Waals surface area contributed by atoms with Gasteiger partial charge in [0.1, 0.15) is 0 Å². The van der Waals surface area contributed by atoms with E-state index in [0.29, 0.717) is 29.5 Å². The smallest absolute Gasteiger partial charge is 0.305 e. The zero-order chi connectivity index (χ0) is 23.5. The van der Waals surface area contributed by atoms with E-state index in [2.05, 4.69) is 39.7 Å². The molecule has 0 spiro atoms. The highest BCUT2D eigenvalue weighted by atomic mass is 35.5. The van der Waals surface area contributed by atoms with E-state index in [-0.39, 0.29) is 18.1 Å². The van der Waals surface area contributed by atoms with Crippen LogP contribution in [0.2, 0.25) is 5.02 Å². The van der Waals surface area contributed by atoms with E-state index < -0.39 is 0 Å². The molecule has 0 saturated carbocycles. The van der Waals surface area contributed by atoms with Crippen LogP contribution in [0.1, 0.15) is 47.6 Å². The van der Waals surface area contributed by atoms with Crippen molar-refractivity contribution in [2.24, 2.45) is 0 Å². The Labute approximate surface area is 204 Å². The van der Waals surface area contributed by atoms with E-state index in [1.165, 1.54) is 12.7 Å². The first-order valence-corrected chi connectivity index (χ1v) is 11.7. The fourth-order valence-corrected chi connectivity index (χ4v) is 5.01. The van der Waals surface area contributed by atoms with Gasteiger partial charge < -0.3 is 19.5 Å². The lowest BCUT2D eigenvalue weighted by Gasteiger charge is -2.28. The van der Waals surface area contributed by atoms with Gasteiger partial charge in [-0.25, -0.2) is 0 Å². The predicted octanol–water partition coefficient (Wildman–Crippen LogP) is 5.07. The monoisotopic (exact) mass is 482 g/mol. The van der Waals surface area contributed by atoms with Gasteiger partial charge in [-0.1, -0.05) is 17.7 Å².